The smallest absolute Gasteiger partial charge is 0.412 e. The summed E-state index contributed by atoms with van der Waals surface area (Å²) in [6.45, 7) is 9.55. The van der Waals surface area contributed by atoms with Crippen LogP contribution in [0.1, 0.15) is 64.6 Å². The van der Waals surface area contributed by atoms with Crippen molar-refractivity contribution in [1.82, 2.24) is 4.98 Å². The van der Waals surface area contributed by atoms with Crippen LogP contribution in [0, 0.1) is 24.2 Å². The van der Waals surface area contributed by atoms with Gasteiger partial charge in [0.2, 0.25) is 0 Å². The zero-order valence-electron chi connectivity index (χ0n) is 22.0. The van der Waals surface area contributed by atoms with Crippen molar-refractivity contribution in [2.45, 2.75) is 85.3 Å². The third kappa shape index (κ3) is 8.35. The van der Waals surface area contributed by atoms with Crippen molar-refractivity contribution in [1.29, 1.82) is 0 Å². The number of alkyl halides is 3. The molecule has 1 aromatic heterocycles. The second-order valence-corrected chi connectivity index (χ2v) is 11.3. The predicted octanol–water partition coefficient (Wildman–Crippen LogP) is 5.58. The molecule has 0 radical (unpaired) electrons. The van der Waals surface area contributed by atoms with Gasteiger partial charge < -0.3 is 14.9 Å². The Morgan fingerprint density at radius 1 is 1.24 bits per heavy atom. The van der Waals surface area contributed by atoms with Crippen molar-refractivity contribution in [3.63, 3.8) is 0 Å². The number of hydrogen-bond acceptors (Lipinski definition) is 7. The van der Waals surface area contributed by atoms with Crippen LogP contribution in [0.3, 0.4) is 0 Å². The lowest BCUT2D eigenvalue weighted by Crippen LogP contribution is -2.45. The van der Waals surface area contributed by atoms with Gasteiger partial charge in [-0.3, -0.25) is 9.59 Å². The Hall–Kier alpha value is -2.30. The first-order valence-corrected chi connectivity index (χ1v) is 13.0. The number of cyclic esters (lactones) is 1. The molecule has 0 saturated heterocycles. The molecule has 1 aromatic rings. The molecule has 0 aliphatic carbocycles. The van der Waals surface area contributed by atoms with Gasteiger partial charge in [0.15, 0.2) is 0 Å². The second-order valence-electron chi connectivity index (χ2n) is 10.2. The van der Waals surface area contributed by atoms with E-state index in [0.29, 0.717) is 11.3 Å². The molecule has 37 heavy (non-hydrogen) atoms. The maximum atomic E-state index is 13.8. The highest BCUT2D eigenvalue weighted by Crippen LogP contribution is 2.33. The normalized spacial score (nSPS) is 31.4. The van der Waals surface area contributed by atoms with Crippen molar-refractivity contribution in [2.75, 3.05) is 0 Å². The van der Waals surface area contributed by atoms with E-state index in [1.54, 1.807) is 25.3 Å². The number of Topliss-reactive ketones (excluding diaryl/α,β-unsaturated/α-hetero) is 1. The van der Waals surface area contributed by atoms with Crippen LogP contribution in [0.5, 0.6) is 0 Å². The number of aromatic nitrogens is 1. The molecule has 2 rings (SSSR count). The Morgan fingerprint density at radius 2 is 1.89 bits per heavy atom. The van der Waals surface area contributed by atoms with Gasteiger partial charge in [0.1, 0.15) is 11.9 Å². The quantitative estimate of drug-likeness (QED) is 0.373. The minimum absolute atomic E-state index is 0.243. The number of thiazole rings is 1. The number of nitrogens with zero attached hydrogens (tertiary/aromatic N) is 1. The van der Waals surface area contributed by atoms with Crippen LogP contribution in [0.2, 0.25) is 0 Å². The van der Waals surface area contributed by atoms with Crippen LogP contribution >= 0.6 is 11.3 Å². The Bertz CT molecular complexity index is 1060. The summed E-state index contributed by atoms with van der Waals surface area (Å²) in [6.07, 6.45) is -4.04. The lowest BCUT2D eigenvalue weighted by molar-refractivity contribution is -0.154. The number of aliphatic hydroxyl groups excluding tert-OH is 2. The summed E-state index contributed by atoms with van der Waals surface area (Å²) in [4.78, 5) is 30.2. The highest BCUT2D eigenvalue weighted by atomic mass is 32.1. The molecule has 0 fully saturated rings. The van der Waals surface area contributed by atoms with Crippen LogP contribution < -0.4 is 0 Å². The number of carbonyl (C=O) groups excluding carboxylic acids is 2. The van der Waals surface area contributed by atoms with E-state index in [1.807, 2.05) is 6.92 Å². The molecule has 0 aromatic carbocycles. The van der Waals surface area contributed by atoms with Gasteiger partial charge in [-0.25, -0.2) is 4.98 Å². The van der Waals surface area contributed by atoms with Crippen molar-refractivity contribution >= 4 is 29.2 Å². The standard InChI is InChI=1S/C27H36F3NO5S/c1-15-8-7-9-19(27(28,29)30)10-11-21(16(2)12-20-14-37-18(4)31-20)36-23(33)13-22(32)26(5,6)25(35)17(3)24(15)34/h7-8,10,12,14-15,17,21-22,24,32,34H,9,11,13H2,1-6H3/b8-7+,16-12+,19-10+/t15?,17-,21?,22+,24?/m1/s1. The van der Waals surface area contributed by atoms with Crippen LogP contribution in [-0.2, 0) is 14.3 Å². The van der Waals surface area contributed by atoms with Gasteiger partial charge in [0.25, 0.3) is 0 Å². The fourth-order valence-corrected chi connectivity index (χ4v) is 4.74. The van der Waals surface area contributed by atoms with Gasteiger partial charge in [-0.1, -0.05) is 45.9 Å². The number of allylic oxidation sites excluding steroid dienone is 2. The van der Waals surface area contributed by atoms with Crippen LogP contribution in [-0.4, -0.2) is 51.4 Å². The van der Waals surface area contributed by atoms with E-state index in [2.05, 4.69) is 4.98 Å². The van der Waals surface area contributed by atoms with Crippen molar-refractivity contribution in [3.05, 3.63) is 45.5 Å². The fraction of sp³-hybridized carbons (Fsp3) is 0.593. The van der Waals surface area contributed by atoms with Gasteiger partial charge in [-0.05, 0) is 31.9 Å². The molecule has 5 atom stereocenters. The number of halogens is 3. The highest BCUT2D eigenvalue weighted by molar-refractivity contribution is 7.09. The van der Waals surface area contributed by atoms with Gasteiger partial charge in [0, 0.05) is 29.2 Å². The Kier molecular flexibility index (Phi) is 10.4. The Morgan fingerprint density at radius 3 is 2.46 bits per heavy atom. The third-order valence-electron chi connectivity index (χ3n) is 6.81. The highest BCUT2D eigenvalue weighted by Gasteiger charge is 2.42. The van der Waals surface area contributed by atoms with Crippen molar-refractivity contribution in [2.24, 2.45) is 17.3 Å². The van der Waals surface area contributed by atoms with E-state index in [9.17, 15) is 33.0 Å². The molecular formula is C27H36F3NO5S. The van der Waals surface area contributed by atoms with Crippen LogP contribution in [0.25, 0.3) is 6.08 Å². The number of aryl methyl sites for hydroxylation is 1. The van der Waals surface area contributed by atoms with Gasteiger partial charge in [-0.2, -0.15) is 13.2 Å². The fourth-order valence-electron chi connectivity index (χ4n) is 4.17. The monoisotopic (exact) mass is 543 g/mol. The topological polar surface area (TPSA) is 96.7 Å². The van der Waals surface area contributed by atoms with Crippen LogP contribution in [0.4, 0.5) is 13.2 Å². The lowest BCUT2D eigenvalue weighted by Gasteiger charge is -2.34. The summed E-state index contributed by atoms with van der Waals surface area (Å²) in [5.74, 6) is -2.85. The van der Waals surface area contributed by atoms with E-state index < -0.39 is 71.9 Å². The number of ketones is 1. The zero-order chi connectivity index (χ0) is 28.1. The number of carbonyl (C=O) groups is 2. The predicted molar refractivity (Wildman–Crippen MR) is 137 cm³/mol. The molecular weight excluding hydrogens is 507 g/mol. The molecule has 2 heterocycles. The Balaban J connectivity index is 2.50. The molecule has 3 unspecified atom stereocenters. The van der Waals surface area contributed by atoms with E-state index in [-0.39, 0.29) is 6.42 Å². The minimum Gasteiger partial charge on any atom is -0.457 e. The number of hydrogen-bond donors (Lipinski definition) is 2. The molecule has 206 valence electrons. The van der Waals surface area contributed by atoms with Gasteiger partial charge in [-0.15, -0.1) is 11.3 Å². The molecule has 6 nitrogen and oxygen atoms in total. The third-order valence-corrected chi connectivity index (χ3v) is 7.60. The summed E-state index contributed by atoms with van der Waals surface area (Å²) in [5, 5.41) is 24.0. The summed E-state index contributed by atoms with van der Waals surface area (Å²) in [6, 6.07) is 0. The summed E-state index contributed by atoms with van der Waals surface area (Å²) < 4.78 is 46.8. The summed E-state index contributed by atoms with van der Waals surface area (Å²) >= 11 is 1.41. The number of rotatable bonds is 2. The summed E-state index contributed by atoms with van der Waals surface area (Å²) in [5.41, 5.74) is -1.11. The molecule has 2 N–H and O–H groups in total. The molecule has 0 saturated carbocycles. The van der Waals surface area contributed by atoms with E-state index >= 15 is 0 Å². The number of aliphatic hydroxyl groups is 2. The van der Waals surface area contributed by atoms with Gasteiger partial charge in [0.05, 0.1) is 34.7 Å². The molecule has 0 amide bonds. The average Bonchev–Trinajstić information content (AvgIpc) is 3.21. The summed E-state index contributed by atoms with van der Waals surface area (Å²) in [7, 11) is 0. The minimum atomic E-state index is -4.61. The molecule has 1 aliphatic heterocycles. The van der Waals surface area contributed by atoms with Gasteiger partial charge >= 0.3 is 12.1 Å². The number of esters is 1. The largest absolute Gasteiger partial charge is 0.457 e. The first kappa shape index (κ1) is 30.9. The second kappa shape index (κ2) is 12.5. The Labute approximate surface area is 219 Å². The van der Waals surface area contributed by atoms with Crippen LogP contribution in [0.15, 0.2) is 34.8 Å². The SMILES string of the molecule is C/C(=C\c1csc(C)n1)C1C/C=C(/C(F)(F)F)C/C=C/C(C)C(O)[C@@H](C)C(=O)C(C)(C)[C@@H](O)CC(=O)O1. The van der Waals surface area contributed by atoms with E-state index in [4.69, 9.17) is 4.74 Å². The molecule has 0 spiro atoms. The number of ether oxygens (including phenoxy) is 1. The van der Waals surface area contributed by atoms with E-state index in [0.717, 1.165) is 11.1 Å². The molecule has 0 bridgehead atoms. The molecule has 10 heteroatoms. The first-order chi connectivity index (χ1) is 17.0. The molecule has 1 aliphatic rings. The zero-order valence-corrected chi connectivity index (χ0v) is 22.8. The average molecular weight is 544 g/mol. The van der Waals surface area contributed by atoms with E-state index in [1.165, 1.54) is 44.3 Å². The van der Waals surface area contributed by atoms with Crippen molar-refractivity contribution in [3.8, 4) is 0 Å². The lowest BCUT2D eigenvalue weighted by atomic mass is 9.73. The maximum absolute atomic E-state index is 13.8. The maximum Gasteiger partial charge on any atom is 0.412 e. The first-order valence-electron chi connectivity index (χ1n) is 12.2. The van der Waals surface area contributed by atoms with Crippen molar-refractivity contribution < 1.29 is 37.7 Å².